The van der Waals surface area contributed by atoms with Crippen molar-refractivity contribution in [3.05, 3.63) is 71.0 Å². The van der Waals surface area contributed by atoms with E-state index in [2.05, 4.69) is 97.9 Å². The third-order valence-electron chi connectivity index (χ3n) is 8.45. The normalized spacial score (nSPS) is 17.1. The number of aryl methyl sites for hydroxylation is 1. The zero-order valence-electron chi connectivity index (χ0n) is 22.8. The Balaban J connectivity index is 1.71. The highest BCUT2D eigenvalue weighted by Crippen LogP contribution is 2.51. The lowest BCUT2D eigenvalue weighted by molar-refractivity contribution is 0.331. The van der Waals surface area contributed by atoms with E-state index in [0.717, 1.165) is 39.7 Å². The van der Waals surface area contributed by atoms with Crippen LogP contribution in [-0.2, 0) is 16.2 Å². The number of rotatable bonds is 1. The van der Waals surface area contributed by atoms with Crippen molar-refractivity contribution in [2.24, 2.45) is 0 Å². The van der Waals surface area contributed by atoms with Crippen molar-refractivity contribution >= 4 is 32.8 Å². The monoisotopic (exact) mass is 476 g/mol. The van der Waals surface area contributed by atoms with Gasteiger partial charge in [-0.25, -0.2) is 9.97 Å². The van der Waals surface area contributed by atoms with Crippen LogP contribution < -0.4 is 0 Å². The standard InChI is InChI=1S/C33H36N2O/c1-19-15-24-26(33(7,8)14-13-32(24,5)6)29-25(19)28-30(36-29)27(34-18-35-28)21-16-20-11-9-10-12-22(20)23(17-21)31(2,3)4/h9-12,15-18H,13-14H2,1-8H3. The van der Waals surface area contributed by atoms with Gasteiger partial charge in [0, 0.05) is 11.1 Å². The summed E-state index contributed by atoms with van der Waals surface area (Å²) in [5.41, 5.74) is 10.1. The fourth-order valence-electron chi connectivity index (χ4n) is 6.30. The summed E-state index contributed by atoms with van der Waals surface area (Å²) in [6.45, 7) is 18.5. The quantitative estimate of drug-likeness (QED) is 0.242. The summed E-state index contributed by atoms with van der Waals surface area (Å²) < 4.78 is 6.86. The molecule has 0 radical (unpaired) electrons. The molecule has 3 heteroatoms. The number of benzene rings is 3. The van der Waals surface area contributed by atoms with Crippen molar-refractivity contribution in [1.29, 1.82) is 0 Å². The molecule has 0 aliphatic heterocycles. The van der Waals surface area contributed by atoms with E-state index in [9.17, 15) is 0 Å². The summed E-state index contributed by atoms with van der Waals surface area (Å²) >= 11 is 0. The van der Waals surface area contributed by atoms with Gasteiger partial charge in [0.05, 0.1) is 5.39 Å². The molecule has 1 aliphatic rings. The maximum Gasteiger partial charge on any atom is 0.180 e. The lowest BCUT2D eigenvalue weighted by Crippen LogP contribution is -2.34. The van der Waals surface area contributed by atoms with E-state index >= 15 is 0 Å². The fourth-order valence-corrected chi connectivity index (χ4v) is 6.30. The molecule has 0 spiro atoms. The van der Waals surface area contributed by atoms with Crippen LogP contribution >= 0.6 is 0 Å². The van der Waals surface area contributed by atoms with E-state index in [1.54, 1.807) is 6.33 Å². The third-order valence-corrected chi connectivity index (χ3v) is 8.45. The molecule has 0 fully saturated rings. The van der Waals surface area contributed by atoms with Gasteiger partial charge in [0.15, 0.2) is 5.58 Å². The van der Waals surface area contributed by atoms with Crippen LogP contribution in [0.1, 0.15) is 83.6 Å². The number of fused-ring (bicyclic) bond motifs is 6. The lowest BCUT2D eigenvalue weighted by Gasteiger charge is -2.41. The van der Waals surface area contributed by atoms with Crippen LogP contribution in [0, 0.1) is 6.92 Å². The lowest BCUT2D eigenvalue weighted by atomic mass is 9.62. The van der Waals surface area contributed by atoms with Crippen molar-refractivity contribution in [1.82, 2.24) is 9.97 Å². The van der Waals surface area contributed by atoms with E-state index < -0.39 is 0 Å². The van der Waals surface area contributed by atoms with Crippen LogP contribution in [-0.4, -0.2) is 9.97 Å². The summed E-state index contributed by atoms with van der Waals surface area (Å²) in [4.78, 5) is 9.58. The van der Waals surface area contributed by atoms with Gasteiger partial charge in [-0.2, -0.15) is 0 Å². The van der Waals surface area contributed by atoms with E-state index in [-0.39, 0.29) is 16.2 Å². The molecule has 0 saturated heterocycles. The Bertz CT molecular complexity index is 1680. The first-order valence-electron chi connectivity index (χ1n) is 13.1. The van der Waals surface area contributed by atoms with Crippen LogP contribution in [0.4, 0.5) is 0 Å². The van der Waals surface area contributed by atoms with Gasteiger partial charge in [0.1, 0.15) is 23.1 Å². The molecular weight excluding hydrogens is 440 g/mol. The van der Waals surface area contributed by atoms with E-state index in [0.29, 0.717) is 0 Å². The third kappa shape index (κ3) is 3.32. The summed E-state index contributed by atoms with van der Waals surface area (Å²) in [5.74, 6) is 0. The molecule has 2 heterocycles. The molecule has 0 atom stereocenters. The molecular formula is C33H36N2O. The second kappa shape index (κ2) is 7.41. The Morgan fingerprint density at radius 1 is 0.861 bits per heavy atom. The van der Waals surface area contributed by atoms with Gasteiger partial charge >= 0.3 is 0 Å². The van der Waals surface area contributed by atoms with Gasteiger partial charge in [-0.15, -0.1) is 0 Å². The minimum Gasteiger partial charge on any atom is -0.452 e. The van der Waals surface area contributed by atoms with E-state index in [1.807, 2.05) is 0 Å². The zero-order valence-corrected chi connectivity index (χ0v) is 22.8. The summed E-state index contributed by atoms with van der Waals surface area (Å²) in [5, 5.41) is 3.65. The van der Waals surface area contributed by atoms with Gasteiger partial charge in [0.25, 0.3) is 0 Å². The Morgan fingerprint density at radius 3 is 2.33 bits per heavy atom. The SMILES string of the molecule is Cc1cc2c(c3oc4c(-c5cc(C(C)(C)C)c6ccccc6c5)ncnc4c13)C(C)(C)CCC2(C)C. The van der Waals surface area contributed by atoms with Crippen LogP contribution in [0.2, 0.25) is 0 Å². The first kappa shape index (κ1) is 23.2. The average molecular weight is 477 g/mol. The molecule has 6 rings (SSSR count). The second-order valence-electron chi connectivity index (χ2n) is 13.1. The van der Waals surface area contributed by atoms with Gasteiger partial charge in [-0.05, 0) is 75.6 Å². The molecule has 0 bridgehead atoms. The number of nitrogens with zero attached hydrogens (tertiary/aromatic N) is 2. The number of aromatic nitrogens is 2. The minimum absolute atomic E-state index is 0.000897. The second-order valence-corrected chi connectivity index (χ2v) is 13.1. The van der Waals surface area contributed by atoms with E-state index in [1.165, 1.54) is 39.4 Å². The van der Waals surface area contributed by atoms with Crippen molar-refractivity contribution in [2.45, 2.75) is 84.5 Å². The van der Waals surface area contributed by atoms with Crippen LogP contribution in [0.15, 0.2) is 53.2 Å². The molecule has 3 aromatic carbocycles. The largest absolute Gasteiger partial charge is 0.452 e. The fraction of sp³-hybridized carbons (Fsp3) is 0.394. The summed E-state index contributed by atoms with van der Waals surface area (Å²) in [6, 6.07) is 15.6. The van der Waals surface area contributed by atoms with Crippen molar-refractivity contribution in [3.63, 3.8) is 0 Å². The van der Waals surface area contributed by atoms with Gasteiger partial charge < -0.3 is 4.42 Å². The first-order chi connectivity index (χ1) is 16.9. The predicted octanol–water partition coefficient (Wildman–Crippen LogP) is 9.15. The molecule has 0 unspecified atom stereocenters. The number of furan rings is 1. The topological polar surface area (TPSA) is 38.9 Å². The summed E-state index contributed by atoms with van der Waals surface area (Å²) in [6.07, 6.45) is 4.02. The molecule has 2 aromatic heterocycles. The predicted molar refractivity (Wildman–Crippen MR) is 151 cm³/mol. The van der Waals surface area contributed by atoms with Gasteiger partial charge in [0.2, 0.25) is 0 Å². The van der Waals surface area contributed by atoms with Gasteiger partial charge in [-0.1, -0.05) is 78.8 Å². The minimum atomic E-state index is 0.000897. The molecule has 3 nitrogen and oxygen atoms in total. The number of hydrogen-bond donors (Lipinski definition) is 0. The van der Waals surface area contributed by atoms with Crippen molar-refractivity contribution in [2.75, 3.05) is 0 Å². The van der Waals surface area contributed by atoms with Crippen LogP contribution in [0.25, 0.3) is 44.1 Å². The van der Waals surface area contributed by atoms with Gasteiger partial charge in [-0.3, -0.25) is 0 Å². The average Bonchev–Trinajstić information content (AvgIpc) is 3.20. The highest BCUT2D eigenvalue weighted by molar-refractivity contribution is 6.10. The highest BCUT2D eigenvalue weighted by atomic mass is 16.3. The molecule has 36 heavy (non-hydrogen) atoms. The Labute approximate surface area is 214 Å². The smallest absolute Gasteiger partial charge is 0.180 e. The Kier molecular flexibility index (Phi) is 4.78. The Morgan fingerprint density at radius 2 is 1.58 bits per heavy atom. The van der Waals surface area contributed by atoms with Crippen LogP contribution in [0.3, 0.4) is 0 Å². The van der Waals surface area contributed by atoms with E-state index in [4.69, 9.17) is 14.4 Å². The molecule has 1 aliphatic carbocycles. The number of hydrogen-bond acceptors (Lipinski definition) is 3. The first-order valence-corrected chi connectivity index (χ1v) is 13.1. The van der Waals surface area contributed by atoms with Crippen LogP contribution in [0.5, 0.6) is 0 Å². The molecule has 5 aromatic rings. The summed E-state index contributed by atoms with van der Waals surface area (Å²) in [7, 11) is 0. The zero-order chi connectivity index (χ0) is 25.6. The highest BCUT2D eigenvalue weighted by Gasteiger charge is 2.40. The molecule has 0 N–H and O–H groups in total. The maximum atomic E-state index is 6.86. The maximum absolute atomic E-state index is 6.86. The molecule has 0 amide bonds. The van der Waals surface area contributed by atoms with Crippen molar-refractivity contribution < 1.29 is 4.42 Å². The molecule has 184 valence electrons. The molecule has 0 saturated carbocycles. The Hall–Kier alpha value is -3.20. The van der Waals surface area contributed by atoms with Crippen molar-refractivity contribution in [3.8, 4) is 11.3 Å².